The monoisotopic (exact) mass is 234 g/mol. The van der Waals surface area contributed by atoms with Gasteiger partial charge in [0, 0.05) is 17.3 Å². The molecule has 0 amide bonds. The summed E-state index contributed by atoms with van der Waals surface area (Å²) in [7, 11) is 1.91. The smallest absolute Gasteiger partial charge is 0.117 e. The fourth-order valence-corrected chi connectivity index (χ4v) is 2.14. The van der Waals surface area contributed by atoms with Crippen molar-refractivity contribution >= 4 is 11.8 Å². The topological polar surface area (TPSA) is 38.1 Å². The molecule has 2 rings (SSSR count). The first-order valence-corrected chi connectivity index (χ1v) is 6.12. The predicted octanol–water partition coefficient (Wildman–Crippen LogP) is 2.69. The van der Waals surface area contributed by atoms with Crippen LogP contribution >= 0.6 is 11.8 Å². The van der Waals surface area contributed by atoms with Crippen molar-refractivity contribution in [3.05, 3.63) is 48.2 Å². The van der Waals surface area contributed by atoms with Gasteiger partial charge in [0.15, 0.2) is 0 Å². The molecule has 2 aromatic heterocycles. The second kappa shape index (κ2) is 5.72. The van der Waals surface area contributed by atoms with Crippen molar-refractivity contribution in [2.45, 2.75) is 17.2 Å². The van der Waals surface area contributed by atoms with Crippen LogP contribution in [0.2, 0.25) is 0 Å². The highest BCUT2D eigenvalue weighted by molar-refractivity contribution is 7.98. The summed E-state index contributed by atoms with van der Waals surface area (Å²) in [6.45, 7) is 0.778. The third-order valence-electron chi connectivity index (χ3n) is 2.10. The largest absolute Gasteiger partial charge is 0.464 e. The average molecular weight is 234 g/mol. The van der Waals surface area contributed by atoms with Crippen LogP contribution in [0.25, 0.3) is 0 Å². The van der Waals surface area contributed by atoms with Crippen LogP contribution in [0, 0.1) is 0 Å². The highest BCUT2D eigenvalue weighted by Gasteiger charge is 2.02. The van der Waals surface area contributed by atoms with Crippen LogP contribution in [0.1, 0.15) is 11.5 Å². The SMILES string of the molecule is CNCc1ccc(CSc2ccncc2)o1. The summed E-state index contributed by atoms with van der Waals surface area (Å²) >= 11 is 1.75. The van der Waals surface area contributed by atoms with Gasteiger partial charge in [-0.1, -0.05) is 0 Å². The molecule has 84 valence electrons. The van der Waals surface area contributed by atoms with E-state index in [4.69, 9.17) is 4.42 Å². The van der Waals surface area contributed by atoms with E-state index in [1.54, 1.807) is 24.2 Å². The van der Waals surface area contributed by atoms with Gasteiger partial charge in [0.2, 0.25) is 0 Å². The predicted molar refractivity (Wildman–Crippen MR) is 65.3 cm³/mol. The van der Waals surface area contributed by atoms with Crippen molar-refractivity contribution in [2.24, 2.45) is 0 Å². The van der Waals surface area contributed by atoms with Gasteiger partial charge in [-0.3, -0.25) is 4.98 Å². The van der Waals surface area contributed by atoms with Crippen molar-refractivity contribution in [1.82, 2.24) is 10.3 Å². The van der Waals surface area contributed by atoms with E-state index in [2.05, 4.69) is 10.3 Å². The second-order valence-electron chi connectivity index (χ2n) is 3.37. The summed E-state index contributed by atoms with van der Waals surface area (Å²) in [4.78, 5) is 5.19. The van der Waals surface area contributed by atoms with Crippen LogP contribution in [0.4, 0.5) is 0 Å². The maximum absolute atomic E-state index is 5.65. The lowest BCUT2D eigenvalue weighted by Gasteiger charge is -1.98. The highest BCUT2D eigenvalue weighted by Crippen LogP contribution is 2.22. The molecule has 2 aromatic rings. The van der Waals surface area contributed by atoms with E-state index in [9.17, 15) is 0 Å². The quantitative estimate of drug-likeness (QED) is 0.807. The Labute approximate surface area is 99.3 Å². The number of pyridine rings is 1. The molecule has 0 bridgehead atoms. The van der Waals surface area contributed by atoms with Crippen molar-refractivity contribution in [3.8, 4) is 0 Å². The molecule has 3 nitrogen and oxygen atoms in total. The number of nitrogens with zero attached hydrogens (tertiary/aromatic N) is 1. The number of nitrogens with one attached hydrogen (secondary N) is 1. The minimum atomic E-state index is 0.778. The van der Waals surface area contributed by atoms with Gasteiger partial charge in [0.1, 0.15) is 11.5 Å². The summed E-state index contributed by atoms with van der Waals surface area (Å²) in [5.74, 6) is 2.84. The number of rotatable bonds is 5. The van der Waals surface area contributed by atoms with Crippen LogP contribution in [0.3, 0.4) is 0 Å². The zero-order valence-corrected chi connectivity index (χ0v) is 9.96. The Balaban J connectivity index is 1.89. The Kier molecular flexibility index (Phi) is 4.02. The number of thioether (sulfide) groups is 1. The van der Waals surface area contributed by atoms with E-state index < -0.39 is 0 Å². The van der Waals surface area contributed by atoms with Gasteiger partial charge in [0.25, 0.3) is 0 Å². The number of hydrogen-bond donors (Lipinski definition) is 1. The number of aromatic nitrogens is 1. The van der Waals surface area contributed by atoms with Crippen LogP contribution in [0.5, 0.6) is 0 Å². The molecule has 0 saturated carbocycles. The molecule has 0 radical (unpaired) electrons. The zero-order valence-electron chi connectivity index (χ0n) is 9.14. The Hall–Kier alpha value is -1.26. The lowest BCUT2D eigenvalue weighted by Crippen LogP contribution is -2.03. The van der Waals surface area contributed by atoms with Crippen molar-refractivity contribution < 1.29 is 4.42 Å². The molecule has 0 saturated heterocycles. The van der Waals surface area contributed by atoms with Gasteiger partial charge < -0.3 is 9.73 Å². The molecule has 0 atom stereocenters. The van der Waals surface area contributed by atoms with E-state index in [-0.39, 0.29) is 0 Å². The van der Waals surface area contributed by atoms with E-state index in [0.29, 0.717) is 0 Å². The summed E-state index contributed by atoms with van der Waals surface area (Å²) < 4.78 is 5.65. The minimum absolute atomic E-state index is 0.778. The third kappa shape index (κ3) is 3.12. The summed E-state index contributed by atoms with van der Waals surface area (Å²) in [5, 5.41) is 3.06. The zero-order chi connectivity index (χ0) is 11.2. The van der Waals surface area contributed by atoms with Gasteiger partial charge >= 0.3 is 0 Å². The molecule has 0 aliphatic carbocycles. The fourth-order valence-electron chi connectivity index (χ4n) is 1.36. The molecular weight excluding hydrogens is 220 g/mol. The van der Waals surface area contributed by atoms with Crippen molar-refractivity contribution in [3.63, 3.8) is 0 Å². The first kappa shape index (κ1) is 11.2. The third-order valence-corrected chi connectivity index (χ3v) is 3.13. The first-order valence-electron chi connectivity index (χ1n) is 5.13. The standard InChI is InChI=1S/C12H14N2OS/c1-13-8-10-2-3-11(15-10)9-16-12-4-6-14-7-5-12/h2-7,13H,8-9H2,1H3. The molecule has 1 N–H and O–H groups in total. The van der Waals surface area contributed by atoms with Crippen molar-refractivity contribution in [2.75, 3.05) is 7.05 Å². The summed E-state index contributed by atoms with van der Waals surface area (Å²) in [6, 6.07) is 8.05. The molecule has 0 spiro atoms. The molecule has 0 aromatic carbocycles. The molecule has 16 heavy (non-hydrogen) atoms. The van der Waals surface area contributed by atoms with Gasteiger partial charge in [-0.25, -0.2) is 0 Å². The normalized spacial score (nSPS) is 10.6. The maximum atomic E-state index is 5.65. The maximum Gasteiger partial charge on any atom is 0.117 e. The van der Waals surface area contributed by atoms with E-state index in [1.807, 2.05) is 31.3 Å². The number of furan rings is 1. The average Bonchev–Trinajstić information content (AvgIpc) is 2.76. The molecule has 2 heterocycles. The lowest BCUT2D eigenvalue weighted by atomic mass is 10.4. The van der Waals surface area contributed by atoms with Crippen LogP contribution < -0.4 is 5.32 Å². The Morgan fingerprint density at radius 2 is 1.94 bits per heavy atom. The molecule has 0 aliphatic rings. The van der Waals surface area contributed by atoms with Crippen LogP contribution in [-0.2, 0) is 12.3 Å². The lowest BCUT2D eigenvalue weighted by molar-refractivity contribution is 0.469. The second-order valence-corrected chi connectivity index (χ2v) is 4.42. The molecule has 0 unspecified atom stereocenters. The van der Waals surface area contributed by atoms with Crippen molar-refractivity contribution in [1.29, 1.82) is 0 Å². The Morgan fingerprint density at radius 1 is 1.19 bits per heavy atom. The van der Waals surface area contributed by atoms with Gasteiger partial charge in [0.05, 0.1) is 12.3 Å². The van der Waals surface area contributed by atoms with Crippen LogP contribution in [0.15, 0.2) is 46.0 Å². The highest BCUT2D eigenvalue weighted by atomic mass is 32.2. The molecule has 0 aliphatic heterocycles. The Bertz CT molecular complexity index is 428. The fraction of sp³-hybridized carbons (Fsp3) is 0.250. The van der Waals surface area contributed by atoms with Gasteiger partial charge in [-0.2, -0.15) is 0 Å². The summed E-state index contributed by atoms with van der Waals surface area (Å²) in [6.07, 6.45) is 3.60. The van der Waals surface area contributed by atoms with Crippen LogP contribution in [-0.4, -0.2) is 12.0 Å². The molecule has 0 fully saturated rings. The number of hydrogen-bond acceptors (Lipinski definition) is 4. The Morgan fingerprint density at radius 3 is 2.69 bits per heavy atom. The molecular formula is C12H14N2OS. The molecule has 4 heteroatoms. The van der Waals surface area contributed by atoms with E-state index >= 15 is 0 Å². The van der Waals surface area contributed by atoms with Gasteiger partial charge in [-0.15, -0.1) is 11.8 Å². The van der Waals surface area contributed by atoms with E-state index in [0.717, 1.165) is 23.8 Å². The van der Waals surface area contributed by atoms with Gasteiger partial charge in [-0.05, 0) is 31.3 Å². The minimum Gasteiger partial charge on any atom is -0.464 e. The van der Waals surface area contributed by atoms with E-state index in [1.165, 1.54) is 4.90 Å². The first-order chi connectivity index (χ1) is 7.88. The summed E-state index contributed by atoms with van der Waals surface area (Å²) in [5.41, 5.74) is 0.